The van der Waals surface area contributed by atoms with E-state index < -0.39 is 0 Å². The lowest BCUT2D eigenvalue weighted by atomic mass is 9.81. The first kappa shape index (κ1) is 19.4. The molecule has 7 aromatic rings. The molecule has 2 nitrogen and oxygen atoms in total. The molecule has 0 N–H and O–H groups in total. The molecule has 0 unspecified atom stereocenters. The largest absolute Gasteiger partial charge is 0.293 e. The van der Waals surface area contributed by atoms with Gasteiger partial charge in [0, 0.05) is 48.1 Å². The van der Waals surface area contributed by atoms with Crippen LogP contribution in [-0.2, 0) is 5.41 Å². The van der Waals surface area contributed by atoms with E-state index in [0.717, 1.165) is 5.82 Å². The number of benzene rings is 4. The molecule has 166 valence electrons. The summed E-state index contributed by atoms with van der Waals surface area (Å²) in [5, 5.41) is 5.35. The number of rotatable bonds is 1. The Hall–Kier alpha value is -3.95. The lowest BCUT2D eigenvalue weighted by molar-refractivity contribution is 0.667. The molecule has 0 aliphatic heterocycles. The quantitative estimate of drug-likeness (QED) is 0.236. The summed E-state index contributed by atoms with van der Waals surface area (Å²) >= 11 is 1.94. The zero-order valence-corrected chi connectivity index (χ0v) is 20.4. The molecule has 0 saturated heterocycles. The van der Waals surface area contributed by atoms with E-state index in [-0.39, 0.29) is 5.41 Å². The summed E-state index contributed by atoms with van der Waals surface area (Å²) < 4.78 is 5.16. The van der Waals surface area contributed by atoms with Crippen LogP contribution >= 0.6 is 11.3 Å². The molecule has 0 spiro atoms. The van der Waals surface area contributed by atoms with E-state index >= 15 is 0 Å². The van der Waals surface area contributed by atoms with E-state index in [1.807, 2.05) is 23.6 Å². The molecule has 0 bridgehead atoms. The van der Waals surface area contributed by atoms with Gasteiger partial charge in [-0.25, -0.2) is 4.98 Å². The Morgan fingerprint density at radius 1 is 0.743 bits per heavy atom. The third-order valence-corrected chi connectivity index (χ3v) is 9.00. The van der Waals surface area contributed by atoms with Crippen LogP contribution in [-0.4, -0.2) is 9.55 Å². The highest BCUT2D eigenvalue weighted by atomic mass is 32.1. The highest BCUT2D eigenvalue weighted by molar-refractivity contribution is 7.26. The van der Waals surface area contributed by atoms with Gasteiger partial charge < -0.3 is 0 Å². The Balaban J connectivity index is 1.77. The summed E-state index contributed by atoms with van der Waals surface area (Å²) in [4.78, 5) is 4.83. The second kappa shape index (κ2) is 6.59. The molecule has 0 saturated carbocycles. The topological polar surface area (TPSA) is 17.8 Å². The van der Waals surface area contributed by atoms with E-state index in [4.69, 9.17) is 4.98 Å². The minimum absolute atomic E-state index is 0.0926. The number of hydrogen-bond donors (Lipinski definition) is 0. The number of thiophene rings is 1. The molecule has 0 amide bonds. The molecule has 3 heteroatoms. The van der Waals surface area contributed by atoms with Crippen molar-refractivity contribution in [3.05, 3.63) is 108 Å². The summed E-state index contributed by atoms with van der Waals surface area (Å²) in [6.45, 7) is 4.78. The van der Waals surface area contributed by atoms with E-state index in [2.05, 4.69) is 103 Å². The minimum Gasteiger partial charge on any atom is -0.293 e. The number of para-hydroxylation sites is 1. The molecule has 3 aromatic heterocycles. The van der Waals surface area contributed by atoms with Crippen LogP contribution in [0, 0.1) is 0 Å². The molecule has 0 atom stereocenters. The number of fused-ring (bicyclic) bond motifs is 12. The Kier molecular flexibility index (Phi) is 3.64. The highest BCUT2D eigenvalue weighted by Crippen LogP contribution is 2.58. The summed E-state index contributed by atoms with van der Waals surface area (Å²) in [7, 11) is 0. The van der Waals surface area contributed by atoms with Crippen molar-refractivity contribution in [1.29, 1.82) is 0 Å². The van der Waals surface area contributed by atoms with Gasteiger partial charge in [0.05, 0.1) is 11.0 Å². The summed E-state index contributed by atoms with van der Waals surface area (Å²) in [5.41, 5.74) is 7.94. The predicted octanol–water partition coefficient (Wildman–Crippen LogP) is 8.85. The highest BCUT2D eigenvalue weighted by Gasteiger charge is 2.40. The number of nitrogens with zero attached hydrogens (tertiary/aromatic N) is 2. The lowest BCUT2D eigenvalue weighted by Gasteiger charge is -2.22. The van der Waals surface area contributed by atoms with Crippen molar-refractivity contribution >= 4 is 53.3 Å². The zero-order chi connectivity index (χ0) is 23.3. The van der Waals surface area contributed by atoms with Crippen LogP contribution in [0.3, 0.4) is 0 Å². The van der Waals surface area contributed by atoms with Gasteiger partial charge in [0.1, 0.15) is 5.82 Å². The standard InChI is InChI=1S/C32H22N2S/c1-32(2)22-14-6-3-11-19(22)28-29(32)31-27(21-13-5-8-16-24(21)35-31)26-20-12-4-7-15-23(20)34(30(26)28)25-17-9-10-18-33-25/h3-18H,1-2H3. The van der Waals surface area contributed by atoms with Crippen molar-refractivity contribution in [2.75, 3.05) is 0 Å². The summed E-state index contributed by atoms with van der Waals surface area (Å²) in [6, 6.07) is 32.9. The number of pyridine rings is 1. The monoisotopic (exact) mass is 466 g/mol. The van der Waals surface area contributed by atoms with Crippen LogP contribution in [0.5, 0.6) is 0 Å². The molecule has 8 rings (SSSR count). The van der Waals surface area contributed by atoms with Gasteiger partial charge in [-0.2, -0.15) is 0 Å². The van der Waals surface area contributed by atoms with Crippen LogP contribution < -0.4 is 0 Å². The van der Waals surface area contributed by atoms with Gasteiger partial charge in [0.2, 0.25) is 0 Å². The molecular weight excluding hydrogens is 444 g/mol. The second-order valence-corrected chi connectivity index (χ2v) is 11.0. The van der Waals surface area contributed by atoms with Crippen molar-refractivity contribution in [3.63, 3.8) is 0 Å². The van der Waals surface area contributed by atoms with E-state index in [0.29, 0.717) is 0 Å². The molecule has 0 radical (unpaired) electrons. The van der Waals surface area contributed by atoms with Crippen molar-refractivity contribution in [2.45, 2.75) is 19.3 Å². The Bertz CT molecular complexity index is 1970. The Labute approximate surface area is 207 Å². The van der Waals surface area contributed by atoms with Crippen LogP contribution in [0.25, 0.3) is 58.9 Å². The van der Waals surface area contributed by atoms with Gasteiger partial charge in [-0.3, -0.25) is 4.57 Å². The third kappa shape index (κ3) is 2.32. The lowest BCUT2D eigenvalue weighted by Crippen LogP contribution is -2.15. The van der Waals surface area contributed by atoms with Gasteiger partial charge >= 0.3 is 0 Å². The minimum atomic E-state index is -0.0926. The van der Waals surface area contributed by atoms with Gasteiger partial charge in [-0.05, 0) is 41.0 Å². The Morgan fingerprint density at radius 3 is 2.34 bits per heavy atom. The first-order valence-corrected chi connectivity index (χ1v) is 12.9. The van der Waals surface area contributed by atoms with Gasteiger partial charge in [0.25, 0.3) is 0 Å². The molecule has 1 aliphatic carbocycles. The summed E-state index contributed by atoms with van der Waals surface area (Å²) in [5.74, 6) is 0.960. The van der Waals surface area contributed by atoms with Gasteiger partial charge in [-0.1, -0.05) is 80.6 Å². The average molecular weight is 467 g/mol. The molecule has 35 heavy (non-hydrogen) atoms. The number of aromatic nitrogens is 2. The smallest absolute Gasteiger partial charge is 0.137 e. The maximum Gasteiger partial charge on any atom is 0.137 e. The molecule has 4 aromatic carbocycles. The first-order valence-electron chi connectivity index (χ1n) is 12.1. The summed E-state index contributed by atoms with van der Waals surface area (Å²) in [6.07, 6.45) is 1.90. The third-order valence-electron chi connectivity index (χ3n) is 7.81. The predicted molar refractivity (Wildman–Crippen MR) is 149 cm³/mol. The van der Waals surface area contributed by atoms with Crippen molar-refractivity contribution in [1.82, 2.24) is 9.55 Å². The average Bonchev–Trinajstić information content (AvgIpc) is 3.51. The van der Waals surface area contributed by atoms with Gasteiger partial charge in [0.15, 0.2) is 0 Å². The van der Waals surface area contributed by atoms with Crippen molar-refractivity contribution in [3.8, 4) is 16.9 Å². The molecule has 1 aliphatic rings. The van der Waals surface area contributed by atoms with Crippen LogP contribution in [0.4, 0.5) is 0 Å². The van der Waals surface area contributed by atoms with Crippen molar-refractivity contribution < 1.29 is 0 Å². The maximum atomic E-state index is 4.83. The number of hydrogen-bond acceptors (Lipinski definition) is 2. The van der Waals surface area contributed by atoms with Crippen LogP contribution in [0.2, 0.25) is 0 Å². The molecule has 3 heterocycles. The van der Waals surface area contributed by atoms with Crippen LogP contribution in [0.15, 0.2) is 97.2 Å². The van der Waals surface area contributed by atoms with Crippen molar-refractivity contribution in [2.24, 2.45) is 0 Å². The fraction of sp³-hybridized carbons (Fsp3) is 0.0938. The fourth-order valence-electron chi connectivity index (χ4n) is 6.39. The van der Waals surface area contributed by atoms with E-state index in [1.165, 1.54) is 64.2 Å². The maximum absolute atomic E-state index is 4.83. The van der Waals surface area contributed by atoms with E-state index in [1.54, 1.807) is 0 Å². The first-order chi connectivity index (χ1) is 17.2. The van der Waals surface area contributed by atoms with E-state index in [9.17, 15) is 0 Å². The zero-order valence-electron chi connectivity index (χ0n) is 19.5. The van der Waals surface area contributed by atoms with Gasteiger partial charge in [-0.15, -0.1) is 11.3 Å². The normalized spacial score (nSPS) is 14.2. The Morgan fingerprint density at radius 2 is 1.49 bits per heavy atom. The fourth-order valence-corrected chi connectivity index (χ4v) is 7.81. The SMILES string of the molecule is CC1(C)c2ccccc2-c2c1c1sc3ccccc3c1c1c3ccccc3n(-c3ccccn3)c21. The second-order valence-electron chi connectivity index (χ2n) is 9.99. The van der Waals surface area contributed by atoms with Crippen LogP contribution in [0.1, 0.15) is 25.0 Å². The molecule has 0 fully saturated rings. The molecular formula is C32H22N2S.